The van der Waals surface area contributed by atoms with Gasteiger partial charge < -0.3 is 19.5 Å². The molecule has 0 spiro atoms. The Morgan fingerprint density at radius 1 is 1.13 bits per heavy atom. The lowest BCUT2D eigenvalue weighted by Crippen LogP contribution is -2.33. The Hall–Kier alpha value is -3.35. The van der Waals surface area contributed by atoms with Crippen molar-refractivity contribution in [2.45, 2.75) is 44.6 Å². The Morgan fingerprint density at radius 2 is 1.95 bits per heavy atom. The minimum Gasteiger partial charge on any atom is -0.494 e. The fourth-order valence-electron chi connectivity index (χ4n) is 5.27. The average molecular weight is 533 g/mol. The number of carboxylic acid groups (broad SMARTS) is 1. The van der Waals surface area contributed by atoms with Gasteiger partial charge in [-0.15, -0.1) is 0 Å². The number of aromatic nitrogens is 1. The van der Waals surface area contributed by atoms with Crippen LogP contribution in [0.15, 0.2) is 66.9 Å². The number of rotatable bonds is 9. The lowest BCUT2D eigenvalue weighted by atomic mass is 9.89. The van der Waals surface area contributed by atoms with E-state index < -0.39 is 5.97 Å². The van der Waals surface area contributed by atoms with Gasteiger partial charge in [0.25, 0.3) is 0 Å². The zero-order valence-corrected chi connectivity index (χ0v) is 22.2. The van der Waals surface area contributed by atoms with Crippen molar-refractivity contribution in [3.63, 3.8) is 0 Å². The van der Waals surface area contributed by atoms with Gasteiger partial charge in [0.15, 0.2) is 0 Å². The number of aliphatic carboxylic acids is 1. The van der Waals surface area contributed by atoms with E-state index in [1.54, 1.807) is 6.20 Å². The Morgan fingerprint density at radius 3 is 2.74 bits per heavy atom. The Balaban J connectivity index is 1.28. The fraction of sp³-hybridized carbons (Fsp3) is 0.355. The number of hydrogen-bond acceptors (Lipinski definition) is 5. The highest BCUT2D eigenvalue weighted by Gasteiger charge is 2.22. The van der Waals surface area contributed by atoms with E-state index in [4.69, 9.17) is 26.2 Å². The van der Waals surface area contributed by atoms with Gasteiger partial charge >= 0.3 is 5.97 Å². The molecule has 3 aromatic rings. The van der Waals surface area contributed by atoms with Gasteiger partial charge in [-0.3, -0.25) is 9.78 Å². The van der Waals surface area contributed by atoms with Crippen LogP contribution < -0.4 is 9.47 Å². The molecule has 0 unspecified atom stereocenters. The molecule has 7 heteroatoms. The normalized spacial score (nSPS) is 16.8. The molecule has 0 bridgehead atoms. The van der Waals surface area contributed by atoms with Gasteiger partial charge in [0.1, 0.15) is 18.1 Å². The third-order valence-electron chi connectivity index (χ3n) is 7.31. The minimum absolute atomic E-state index is 0.0925. The first-order valence-electron chi connectivity index (χ1n) is 13.3. The number of hydrogen-bond donors (Lipinski definition) is 1. The van der Waals surface area contributed by atoms with Gasteiger partial charge in [-0.05, 0) is 92.2 Å². The molecule has 0 radical (unpaired) electrons. The van der Waals surface area contributed by atoms with Crippen LogP contribution in [0.3, 0.4) is 0 Å². The molecule has 38 heavy (non-hydrogen) atoms. The number of likely N-dealkylation sites (tertiary alicyclic amines) is 1. The summed E-state index contributed by atoms with van der Waals surface area (Å²) in [6.45, 7) is 3.94. The number of piperidine rings is 1. The quantitative estimate of drug-likeness (QED) is 0.314. The lowest BCUT2D eigenvalue weighted by Gasteiger charge is -2.32. The second kappa shape index (κ2) is 12.5. The van der Waals surface area contributed by atoms with Crippen molar-refractivity contribution in [3.05, 3.63) is 94.3 Å². The minimum atomic E-state index is -0.813. The van der Waals surface area contributed by atoms with Gasteiger partial charge in [0.2, 0.25) is 0 Å². The zero-order chi connectivity index (χ0) is 26.3. The van der Waals surface area contributed by atoms with Crippen molar-refractivity contribution in [2.75, 3.05) is 26.2 Å². The van der Waals surface area contributed by atoms with E-state index in [-0.39, 0.29) is 6.42 Å². The highest BCUT2D eigenvalue weighted by molar-refractivity contribution is 6.30. The van der Waals surface area contributed by atoms with Crippen LogP contribution in [0.4, 0.5) is 0 Å². The predicted molar refractivity (Wildman–Crippen MR) is 149 cm³/mol. The molecule has 2 aliphatic heterocycles. The third kappa shape index (κ3) is 6.55. The van der Waals surface area contributed by atoms with Crippen molar-refractivity contribution in [1.82, 2.24) is 9.88 Å². The molecular weight excluding hydrogens is 500 g/mol. The monoisotopic (exact) mass is 532 g/mol. The highest BCUT2D eigenvalue weighted by atomic mass is 35.5. The first-order valence-corrected chi connectivity index (χ1v) is 13.7. The SMILES string of the molecule is O=C(O)CCCOc1ccc2c(c1)/C(=C/CCN1CCC(c3ccc(Cl)cc3)CC1)c1cccnc1CO2. The van der Waals surface area contributed by atoms with Gasteiger partial charge in [-0.1, -0.05) is 35.9 Å². The molecule has 3 heterocycles. The van der Waals surface area contributed by atoms with Crippen molar-refractivity contribution < 1.29 is 19.4 Å². The van der Waals surface area contributed by atoms with E-state index in [2.05, 4.69) is 34.2 Å². The predicted octanol–water partition coefficient (Wildman–Crippen LogP) is 6.57. The molecule has 198 valence electrons. The number of carbonyl (C=O) groups is 1. The summed E-state index contributed by atoms with van der Waals surface area (Å²) in [4.78, 5) is 17.9. The van der Waals surface area contributed by atoms with E-state index in [0.29, 0.717) is 31.3 Å². The van der Waals surface area contributed by atoms with Gasteiger partial charge in [0, 0.05) is 35.3 Å². The molecule has 1 N–H and O–H groups in total. The van der Waals surface area contributed by atoms with Crippen LogP contribution in [-0.4, -0.2) is 47.2 Å². The van der Waals surface area contributed by atoms with Gasteiger partial charge in [0.05, 0.1) is 12.3 Å². The van der Waals surface area contributed by atoms with Crippen LogP contribution in [0.2, 0.25) is 5.02 Å². The summed E-state index contributed by atoms with van der Waals surface area (Å²) < 4.78 is 12.0. The topological polar surface area (TPSA) is 71.9 Å². The Labute approximate surface area is 228 Å². The number of nitrogens with zero attached hydrogens (tertiary/aromatic N) is 2. The summed E-state index contributed by atoms with van der Waals surface area (Å²) in [5, 5.41) is 9.68. The van der Waals surface area contributed by atoms with Crippen LogP contribution >= 0.6 is 11.6 Å². The molecule has 2 aliphatic rings. The van der Waals surface area contributed by atoms with Crippen molar-refractivity contribution in [1.29, 1.82) is 0 Å². The maximum absolute atomic E-state index is 10.8. The van der Waals surface area contributed by atoms with Gasteiger partial charge in [-0.2, -0.15) is 0 Å². The molecule has 0 atom stereocenters. The summed E-state index contributed by atoms with van der Waals surface area (Å²) >= 11 is 6.06. The molecular formula is C31H33ClN2O4. The second-order valence-electron chi connectivity index (χ2n) is 9.86. The third-order valence-corrected chi connectivity index (χ3v) is 7.56. The van der Waals surface area contributed by atoms with Crippen LogP contribution in [-0.2, 0) is 11.4 Å². The number of carboxylic acids is 1. The zero-order valence-electron chi connectivity index (χ0n) is 21.4. The van der Waals surface area contributed by atoms with E-state index in [1.165, 1.54) is 5.56 Å². The molecule has 0 amide bonds. The summed E-state index contributed by atoms with van der Waals surface area (Å²) in [5.41, 5.74) is 5.47. The average Bonchev–Trinajstić information content (AvgIpc) is 3.09. The maximum Gasteiger partial charge on any atom is 0.303 e. The second-order valence-corrected chi connectivity index (χ2v) is 10.3. The van der Waals surface area contributed by atoms with Crippen molar-refractivity contribution in [2.24, 2.45) is 0 Å². The van der Waals surface area contributed by atoms with E-state index in [0.717, 1.165) is 72.1 Å². The molecule has 0 saturated carbocycles. The summed E-state index contributed by atoms with van der Waals surface area (Å²) in [7, 11) is 0. The number of pyridine rings is 1. The van der Waals surface area contributed by atoms with E-state index >= 15 is 0 Å². The van der Waals surface area contributed by atoms with Crippen LogP contribution in [0, 0.1) is 0 Å². The molecule has 1 fully saturated rings. The Bertz CT molecular complexity index is 1280. The van der Waals surface area contributed by atoms with Crippen LogP contribution in [0.1, 0.15) is 60.4 Å². The smallest absolute Gasteiger partial charge is 0.303 e. The summed E-state index contributed by atoms with van der Waals surface area (Å²) in [6.07, 6.45) is 7.89. The van der Waals surface area contributed by atoms with Crippen molar-refractivity contribution >= 4 is 23.1 Å². The summed E-state index contributed by atoms with van der Waals surface area (Å²) in [5.74, 6) is 1.29. The first kappa shape index (κ1) is 26.3. The Kier molecular flexibility index (Phi) is 8.61. The first-order chi connectivity index (χ1) is 18.6. The van der Waals surface area contributed by atoms with E-state index in [1.807, 2.05) is 36.4 Å². The maximum atomic E-state index is 10.8. The molecule has 2 aromatic carbocycles. The molecule has 6 nitrogen and oxygen atoms in total. The number of ether oxygens (including phenoxy) is 2. The fourth-order valence-corrected chi connectivity index (χ4v) is 5.40. The standard InChI is InChI=1S/C31H33ClN2O4/c32-24-9-7-22(8-10-24)23-13-17-34(18-14-23)16-2-5-26-27-4-1-15-33-29(27)21-38-30-12-11-25(20-28(26)30)37-19-3-6-31(35)36/h1,4-5,7-12,15,20,23H,2-3,6,13-14,16-19,21H2,(H,35,36)/b26-5+. The molecule has 5 rings (SSSR count). The molecule has 1 saturated heterocycles. The van der Waals surface area contributed by atoms with Crippen molar-refractivity contribution in [3.8, 4) is 11.5 Å². The van der Waals surface area contributed by atoms with Crippen LogP contribution in [0.25, 0.3) is 5.57 Å². The number of benzene rings is 2. The van der Waals surface area contributed by atoms with Gasteiger partial charge in [-0.25, -0.2) is 0 Å². The van der Waals surface area contributed by atoms with Crippen LogP contribution in [0.5, 0.6) is 11.5 Å². The molecule has 1 aromatic heterocycles. The largest absolute Gasteiger partial charge is 0.494 e. The van der Waals surface area contributed by atoms with E-state index in [9.17, 15) is 4.79 Å². The summed E-state index contributed by atoms with van der Waals surface area (Å²) in [6, 6.07) is 18.2. The number of fused-ring (bicyclic) bond motifs is 2. The highest BCUT2D eigenvalue weighted by Crippen LogP contribution is 2.38. The lowest BCUT2D eigenvalue weighted by molar-refractivity contribution is -0.137. The molecule has 0 aliphatic carbocycles. The number of halogens is 1.